The van der Waals surface area contributed by atoms with Crippen LogP contribution in [0.3, 0.4) is 0 Å². The van der Waals surface area contributed by atoms with Crippen LogP contribution < -0.4 is 5.32 Å². The molecule has 18 heavy (non-hydrogen) atoms. The summed E-state index contributed by atoms with van der Waals surface area (Å²) in [7, 11) is 0. The summed E-state index contributed by atoms with van der Waals surface area (Å²) >= 11 is 5.96. The lowest BCUT2D eigenvalue weighted by atomic mass is 9.82. The summed E-state index contributed by atoms with van der Waals surface area (Å²) in [5, 5.41) is 4.65. The number of hydrogen-bond donors (Lipinski definition) is 1. The predicted molar refractivity (Wildman–Crippen MR) is 79.8 cm³/mol. The van der Waals surface area contributed by atoms with Crippen molar-refractivity contribution in [1.82, 2.24) is 5.32 Å². The van der Waals surface area contributed by atoms with Crippen LogP contribution in [0.5, 0.6) is 0 Å². The van der Waals surface area contributed by atoms with E-state index >= 15 is 0 Å². The van der Waals surface area contributed by atoms with E-state index in [1.165, 1.54) is 24.8 Å². The Morgan fingerprint density at radius 2 is 1.78 bits per heavy atom. The van der Waals surface area contributed by atoms with Gasteiger partial charge in [-0.05, 0) is 56.7 Å². The Hall–Kier alpha value is -0.240. The Labute approximate surface area is 121 Å². The first-order valence-electron chi connectivity index (χ1n) is 6.59. The van der Waals surface area contributed by atoms with E-state index < -0.39 is 0 Å². The van der Waals surface area contributed by atoms with E-state index in [1.54, 1.807) is 0 Å². The van der Waals surface area contributed by atoms with Gasteiger partial charge < -0.3 is 5.32 Å². The molecule has 0 amide bonds. The van der Waals surface area contributed by atoms with Crippen LogP contribution in [-0.4, -0.2) is 11.6 Å². The molecule has 1 aliphatic heterocycles. The molecule has 0 radical (unpaired) electrons. The Morgan fingerprint density at radius 3 is 2.33 bits per heavy atom. The van der Waals surface area contributed by atoms with Crippen molar-refractivity contribution < 1.29 is 0 Å². The summed E-state index contributed by atoms with van der Waals surface area (Å²) in [5.41, 5.74) is 1.64. The second-order valence-corrected chi connectivity index (χ2v) is 6.59. The van der Waals surface area contributed by atoms with Crippen molar-refractivity contribution in [2.24, 2.45) is 5.92 Å². The number of benzene rings is 1. The van der Waals surface area contributed by atoms with E-state index in [-0.39, 0.29) is 17.9 Å². The average Bonchev–Trinajstić information content (AvgIpc) is 3.05. The summed E-state index contributed by atoms with van der Waals surface area (Å²) in [5.74, 6) is 1.55. The first-order chi connectivity index (χ1) is 8.06. The quantitative estimate of drug-likeness (QED) is 0.850. The maximum atomic E-state index is 5.96. The van der Waals surface area contributed by atoms with Crippen molar-refractivity contribution in [3.8, 4) is 0 Å². The number of rotatable bonds is 2. The van der Waals surface area contributed by atoms with Crippen molar-refractivity contribution in [2.75, 3.05) is 0 Å². The van der Waals surface area contributed by atoms with Crippen LogP contribution in [0.15, 0.2) is 24.3 Å². The molecule has 1 heterocycles. The van der Waals surface area contributed by atoms with Crippen molar-refractivity contribution in [3.63, 3.8) is 0 Å². The van der Waals surface area contributed by atoms with E-state index in [0.29, 0.717) is 5.92 Å². The minimum atomic E-state index is 0. The van der Waals surface area contributed by atoms with Gasteiger partial charge in [0.1, 0.15) is 0 Å². The van der Waals surface area contributed by atoms with E-state index in [0.717, 1.165) is 17.0 Å². The van der Waals surface area contributed by atoms with Gasteiger partial charge in [-0.2, -0.15) is 0 Å². The summed E-state index contributed by atoms with van der Waals surface area (Å²) in [6.45, 7) is 4.66. The third-order valence-electron chi connectivity index (χ3n) is 4.38. The fraction of sp³-hybridized carbons (Fsp3) is 0.600. The maximum absolute atomic E-state index is 5.96. The van der Waals surface area contributed by atoms with Gasteiger partial charge in [-0.25, -0.2) is 0 Å². The molecule has 2 atom stereocenters. The fourth-order valence-electron chi connectivity index (χ4n) is 3.24. The van der Waals surface area contributed by atoms with Crippen LogP contribution in [0.1, 0.15) is 44.6 Å². The molecule has 3 rings (SSSR count). The van der Waals surface area contributed by atoms with Gasteiger partial charge in [0.15, 0.2) is 0 Å². The molecule has 1 saturated carbocycles. The molecular formula is C15H21Cl2N. The molecule has 2 unspecified atom stereocenters. The smallest absolute Gasteiger partial charge is 0.0406 e. The van der Waals surface area contributed by atoms with E-state index in [1.807, 2.05) is 12.1 Å². The highest BCUT2D eigenvalue weighted by Gasteiger charge is 2.45. The van der Waals surface area contributed by atoms with Gasteiger partial charge in [0.2, 0.25) is 0 Å². The molecule has 1 N–H and O–H groups in total. The van der Waals surface area contributed by atoms with Crippen LogP contribution in [0.25, 0.3) is 0 Å². The maximum Gasteiger partial charge on any atom is 0.0406 e. The molecule has 1 aromatic rings. The van der Waals surface area contributed by atoms with Crippen LogP contribution >= 0.6 is 24.0 Å². The standard InChI is InChI=1S/C15H20ClN.ClH/c1-15(2)13(9-14(17-15)11-3-4-11)10-5-7-12(16)8-6-10;/h5-8,11,13-14,17H,3-4,9H2,1-2H3;1H. The molecule has 3 heteroatoms. The van der Waals surface area contributed by atoms with Crippen LogP contribution in [0.4, 0.5) is 0 Å². The van der Waals surface area contributed by atoms with Crippen molar-refractivity contribution in [2.45, 2.75) is 50.6 Å². The third kappa shape index (κ3) is 2.68. The molecule has 1 aromatic carbocycles. The lowest BCUT2D eigenvalue weighted by molar-refractivity contribution is 0.386. The Kier molecular flexibility index (Phi) is 3.96. The van der Waals surface area contributed by atoms with Gasteiger partial charge in [-0.1, -0.05) is 23.7 Å². The Morgan fingerprint density at radius 1 is 1.17 bits per heavy atom. The molecule has 100 valence electrons. The third-order valence-corrected chi connectivity index (χ3v) is 4.63. The largest absolute Gasteiger partial charge is 0.308 e. The first kappa shape index (κ1) is 14.2. The zero-order valence-electron chi connectivity index (χ0n) is 10.9. The topological polar surface area (TPSA) is 12.0 Å². The monoisotopic (exact) mass is 285 g/mol. The Bertz CT molecular complexity index is 409. The van der Waals surface area contributed by atoms with E-state index in [9.17, 15) is 0 Å². The van der Waals surface area contributed by atoms with Crippen molar-refractivity contribution in [3.05, 3.63) is 34.9 Å². The van der Waals surface area contributed by atoms with E-state index in [2.05, 4.69) is 31.3 Å². The van der Waals surface area contributed by atoms with Gasteiger partial charge in [-0.15, -0.1) is 12.4 Å². The molecule has 1 saturated heterocycles. The van der Waals surface area contributed by atoms with Gasteiger partial charge in [-0.3, -0.25) is 0 Å². The zero-order valence-corrected chi connectivity index (χ0v) is 12.5. The number of nitrogens with one attached hydrogen (secondary N) is 1. The minimum absolute atomic E-state index is 0. The summed E-state index contributed by atoms with van der Waals surface area (Å²) < 4.78 is 0. The lowest BCUT2D eigenvalue weighted by Crippen LogP contribution is -2.40. The molecule has 2 aliphatic rings. The molecule has 0 spiro atoms. The Balaban J connectivity index is 0.00000120. The van der Waals surface area contributed by atoms with Crippen molar-refractivity contribution >= 4 is 24.0 Å². The fourth-order valence-corrected chi connectivity index (χ4v) is 3.37. The van der Waals surface area contributed by atoms with E-state index in [4.69, 9.17) is 11.6 Å². The predicted octanol–water partition coefficient (Wildman–Crippen LogP) is 4.40. The highest BCUT2D eigenvalue weighted by atomic mass is 35.5. The molecule has 0 aromatic heterocycles. The van der Waals surface area contributed by atoms with Gasteiger partial charge >= 0.3 is 0 Å². The second kappa shape index (κ2) is 5.03. The minimum Gasteiger partial charge on any atom is -0.308 e. The molecule has 1 aliphatic carbocycles. The highest BCUT2D eigenvalue weighted by Crippen LogP contribution is 2.46. The summed E-state index contributed by atoms with van der Waals surface area (Å²) in [6.07, 6.45) is 4.11. The summed E-state index contributed by atoms with van der Waals surface area (Å²) in [4.78, 5) is 0. The summed E-state index contributed by atoms with van der Waals surface area (Å²) in [6, 6.07) is 9.12. The van der Waals surface area contributed by atoms with Crippen molar-refractivity contribution in [1.29, 1.82) is 0 Å². The van der Waals surface area contributed by atoms with Gasteiger partial charge in [0.05, 0.1) is 0 Å². The van der Waals surface area contributed by atoms with Crippen LogP contribution in [0.2, 0.25) is 5.02 Å². The van der Waals surface area contributed by atoms with Crippen LogP contribution in [-0.2, 0) is 0 Å². The van der Waals surface area contributed by atoms with Gasteiger partial charge in [0.25, 0.3) is 0 Å². The average molecular weight is 286 g/mol. The number of halogens is 2. The van der Waals surface area contributed by atoms with Crippen LogP contribution in [0, 0.1) is 5.92 Å². The first-order valence-corrected chi connectivity index (χ1v) is 6.97. The lowest BCUT2D eigenvalue weighted by Gasteiger charge is -2.27. The number of hydrogen-bond acceptors (Lipinski definition) is 1. The molecule has 2 fully saturated rings. The highest BCUT2D eigenvalue weighted by molar-refractivity contribution is 6.30. The normalized spacial score (nSPS) is 29.9. The molecule has 0 bridgehead atoms. The molecule has 1 nitrogen and oxygen atoms in total. The second-order valence-electron chi connectivity index (χ2n) is 6.15. The zero-order chi connectivity index (χ0) is 12.0. The SMILES string of the molecule is CC1(C)NC(C2CC2)CC1c1ccc(Cl)cc1.Cl. The molecular weight excluding hydrogens is 265 g/mol. The van der Waals surface area contributed by atoms with Gasteiger partial charge in [0, 0.05) is 22.5 Å².